The molecule has 1 fully saturated rings. The molecule has 6 nitrogen and oxygen atoms in total. The van der Waals surface area contributed by atoms with Crippen LogP contribution in [0.4, 0.5) is 11.4 Å². The van der Waals surface area contributed by atoms with E-state index < -0.39 is 5.91 Å². The average molecular weight is 338 g/mol. The van der Waals surface area contributed by atoms with Crippen molar-refractivity contribution < 1.29 is 9.59 Å². The molecular formula is C19H22N4O2. The normalized spacial score (nSPS) is 14.6. The Kier molecular flexibility index (Phi) is 5.28. The smallest absolute Gasteiger partial charge is 0.267 e. The molecule has 0 spiro atoms. The number of nitrogens with two attached hydrogens (primary N) is 1. The zero-order valence-electron chi connectivity index (χ0n) is 14.1. The van der Waals surface area contributed by atoms with Crippen LogP contribution in [-0.2, 0) is 0 Å². The molecule has 2 heterocycles. The molecule has 1 aromatic heterocycles. The minimum absolute atomic E-state index is 0.166. The Morgan fingerprint density at radius 1 is 0.960 bits per heavy atom. The van der Waals surface area contributed by atoms with Crippen LogP contribution in [0.1, 0.15) is 46.5 Å². The van der Waals surface area contributed by atoms with Crippen LogP contribution < -0.4 is 16.0 Å². The zero-order chi connectivity index (χ0) is 17.6. The topological polar surface area (TPSA) is 88.3 Å². The first-order valence-corrected chi connectivity index (χ1v) is 8.56. The molecule has 3 N–H and O–H groups in total. The molecule has 0 atom stereocenters. The standard InChI is InChI=1S/C19H22N4O2/c20-18(24)17-10-7-15(13-21-17)22-19(25)14-5-8-16(9-6-14)23-11-3-1-2-4-12-23/h5-10,13H,1-4,11-12H2,(H2,20,24)(H,22,25). The van der Waals surface area contributed by atoms with Crippen molar-refractivity contribution in [2.24, 2.45) is 5.73 Å². The number of hydrogen-bond acceptors (Lipinski definition) is 4. The van der Waals surface area contributed by atoms with Crippen LogP contribution in [0.25, 0.3) is 0 Å². The van der Waals surface area contributed by atoms with Gasteiger partial charge in [0.2, 0.25) is 0 Å². The van der Waals surface area contributed by atoms with Crippen LogP contribution >= 0.6 is 0 Å². The monoisotopic (exact) mass is 338 g/mol. The van der Waals surface area contributed by atoms with Crippen molar-refractivity contribution in [1.82, 2.24) is 4.98 Å². The third kappa shape index (κ3) is 4.35. The number of primary amides is 1. The van der Waals surface area contributed by atoms with Gasteiger partial charge in [-0.2, -0.15) is 0 Å². The second-order valence-corrected chi connectivity index (χ2v) is 6.20. The van der Waals surface area contributed by atoms with E-state index in [0.29, 0.717) is 11.3 Å². The molecule has 1 aliphatic heterocycles. The Morgan fingerprint density at radius 2 is 1.64 bits per heavy atom. The molecule has 25 heavy (non-hydrogen) atoms. The van der Waals surface area contributed by atoms with Gasteiger partial charge in [-0.1, -0.05) is 12.8 Å². The fourth-order valence-electron chi connectivity index (χ4n) is 2.97. The van der Waals surface area contributed by atoms with Gasteiger partial charge in [-0.25, -0.2) is 4.98 Å². The fourth-order valence-corrected chi connectivity index (χ4v) is 2.97. The van der Waals surface area contributed by atoms with Gasteiger partial charge in [0.25, 0.3) is 11.8 Å². The summed E-state index contributed by atoms with van der Waals surface area (Å²) in [5.41, 5.74) is 7.57. The van der Waals surface area contributed by atoms with Crippen LogP contribution in [0.5, 0.6) is 0 Å². The Morgan fingerprint density at radius 3 is 2.20 bits per heavy atom. The maximum Gasteiger partial charge on any atom is 0.267 e. The lowest BCUT2D eigenvalue weighted by atomic mass is 10.1. The van der Waals surface area contributed by atoms with E-state index in [1.54, 1.807) is 6.07 Å². The Labute approximate surface area is 147 Å². The number of anilines is 2. The van der Waals surface area contributed by atoms with Gasteiger partial charge in [-0.15, -0.1) is 0 Å². The van der Waals surface area contributed by atoms with Crippen molar-refractivity contribution in [3.63, 3.8) is 0 Å². The predicted molar refractivity (Wildman–Crippen MR) is 97.8 cm³/mol. The highest BCUT2D eigenvalue weighted by atomic mass is 16.2. The summed E-state index contributed by atoms with van der Waals surface area (Å²) in [6, 6.07) is 10.8. The number of pyridine rings is 1. The SMILES string of the molecule is NC(=O)c1ccc(NC(=O)c2ccc(N3CCCCCC3)cc2)cn1. The summed E-state index contributed by atoms with van der Waals surface area (Å²) in [7, 11) is 0. The highest BCUT2D eigenvalue weighted by molar-refractivity contribution is 6.04. The Bertz CT molecular complexity index is 733. The van der Waals surface area contributed by atoms with Gasteiger partial charge < -0.3 is 16.0 Å². The molecule has 1 aromatic carbocycles. The van der Waals surface area contributed by atoms with E-state index in [2.05, 4.69) is 15.2 Å². The van der Waals surface area contributed by atoms with Crippen molar-refractivity contribution in [1.29, 1.82) is 0 Å². The van der Waals surface area contributed by atoms with Gasteiger partial charge in [-0.05, 0) is 49.2 Å². The molecule has 6 heteroatoms. The summed E-state index contributed by atoms with van der Waals surface area (Å²) in [6.45, 7) is 2.15. The van der Waals surface area contributed by atoms with Crippen molar-refractivity contribution in [2.75, 3.05) is 23.3 Å². The minimum atomic E-state index is -0.595. The molecule has 3 rings (SSSR count). The zero-order valence-corrected chi connectivity index (χ0v) is 14.1. The molecule has 0 bridgehead atoms. The largest absolute Gasteiger partial charge is 0.372 e. The molecule has 0 radical (unpaired) electrons. The molecule has 2 amide bonds. The number of nitrogens with one attached hydrogen (secondary N) is 1. The van der Waals surface area contributed by atoms with Gasteiger partial charge in [0.05, 0.1) is 11.9 Å². The summed E-state index contributed by atoms with van der Waals surface area (Å²) in [5, 5.41) is 2.77. The second kappa shape index (κ2) is 7.79. The third-order valence-electron chi connectivity index (χ3n) is 4.37. The summed E-state index contributed by atoms with van der Waals surface area (Å²) in [6.07, 6.45) is 6.44. The van der Waals surface area contributed by atoms with Gasteiger partial charge >= 0.3 is 0 Å². The van der Waals surface area contributed by atoms with Crippen LogP contribution in [-0.4, -0.2) is 29.9 Å². The lowest BCUT2D eigenvalue weighted by molar-refractivity contribution is 0.0994. The first-order valence-electron chi connectivity index (χ1n) is 8.56. The first kappa shape index (κ1) is 17.0. The van der Waals surface area contributed by atoms with Crippen LogP contribution in [0.2, 0.25) is 0 Å². The van der Waals surface area contributed by atoms with Crippen molar-refractivity contribution >= 4 is 23.2 Å². The highest BCUT2D eigenvalue weighted by Gasteiger charge is 2.12. The van der Waals surface area contributed by atoms with Gasteiger partial charge in [0.15, 0.2) is 0 Å². The summed E-state index contributed by atoms with van der Waals surface area (Å²) in [4.78, 5) is 29.6. The lowest BCUT2D eigenvalue weighted by Gasteiger charge is -2.22. The third-order valence-corrected chi connectivity index (χ3v) is 4.37. The van der Waals surface area contributed by atoms with Crippen LogP contribution in [0, 0.1) is 0 Å². The second-order valence-electron chi connectivity index (χ2n) is 6.20. The molecule has 0 saturated carbocycles. The number of nitrogens with zero attached hydrogens (tertiary/aromatic N) is 2. The number of carbonyl (C=O) groups excluding carboxylic acids is 2. The minimum Gasteiger partial charge on any atom is -0.372 e. The van der Waals surface area contributed by atoms with Gasteiger partial charge in [-0.3, -0.25) is 9.59 Å². The average Bonchev–Trinajstić information content (AvgIpc) is 2.92. The molecule has 0 unspecified atom stereocenters. The number of carbonyl (C=O) groups is 2. The summed E-state index contributed by atoms with van der Waals surface area (Å²) in [5.74, 6) is -0.807. The van der Waals surface area contributed by atoms with E-state index in [0.717, 1.165) is 18.8 Å². The molecular weight excluding hydrogens is 316 g/mol. The van der Waals surface area contributed by atoms with Crippen molar-refractivity contribution in [3.8, 4) is 0 Å². The molecule has 2 aromatic rings. The van der Waals surface area contributed by atoms with E-state index in [-0.39, 0.29) is 11.6 Å². The van der Waals surface area contributed by atoms with Crippen LogP contribution in [0.15, 0.2) is 42.6 Å². The number of amides is 2. The molecule has 130 valence electrons. The van der Waals surface area contributed by atoms with Crippen molar-refractivity contribution in [2.45, 2.75) is 25.7 Å². The van der Waals surface area contributed by atoms with E-state index in [1.165, 1.54) is 37.9 Å². The number of rotatable bonds is 4. The van der Waals surface area contributed by atoms with Gasteiger partial charge in [0, 0.05) is 24.3 Å². The molecule has 0 aliphatic carbocycles. The van der Waals surface area contributed by atoms with E-state index in [9.17, 15) is 9.59 Å². The van der Waals surface area contributed by atoms with E-state index in [4.69, 9.17) is 5.73 Å². The van der Waals surface area contributed by atoms with Crippen LogP contribution in [0.3, 0.4) is 0 Å². The number of benzene rings is 1. The lowest BCUT2D eigenvalue weighted by Crippen LogP contribution is -2.23. The van der Waals surface area contributed by atoms with Crippen molar-refractivity contribution in [3.05, 3.63) is 53.9 Å². The summed E-state index contributed by atoms with van der Waals surface area (Å²) < 4.78 is 0. The predicted octanol–water partition coefficient (Wildman–Crippen LogP) is 2.81. The van der Waals surface area contributed by atoms with E-state index in [1.807, 2.05) is 24.3 Å². The molecule has 1 aliphatic rings. The Hall–Kier alpha value is -2.89. The fraction of sp³-hybridized carbons (Fsp3) is 0.316. The quantitative estimate of drug-likeness (QED) is 0.897. The number of hydrogen-bond donors (Lipinski definition) is 2. The number of aromatic nitrogens is 1. The highest BCUT2D eigenvalue weighted by Crippen LogP contribution is 2.20. The molecule has 1 saturated heterocycles. The maximum absolute atomic E-state index is 12.3. The Balaban J connectivity index is 1.64. The first-order chi connectivity index (χ1) is 12.1. The van der Waals surface area contributed by atoms with Gasteiger partial charge in [0.1, 0.15) is 5.69 Å². The maximum atomic E-state index is 12.3. The summed E-state index contributed by atoms with van der Waals surface area (Å²) >= 11 is 0. The van der Waals surface area contributed by atoms with E-state index >= 15 is 0 Å².